The Kier molecular flexibility index (Phi) is 7.75. The zero-order valence-corrected chi connectivity index (χ0v) is 16.6. The monoisotopic (exact) mass is 335 g/mol. The first kappa shape index (κ1) is 21.0. The smallest absolute Gasteiger partial charge is 0.119 e. The predicted molar refractivity (Wildman–Crippen MR) is 103 cm³/mol. The van der Waals surface area contributed by atoms with Crippen LogP contribution in [-0.2, 0) is 5.41 Å². The zero-order chi connectivity index (χ0) is 18.4. The number of hydrogen-bond donors (Lipinski definition) is 2. The predicted octanol–water partition coefficient (Wildman–Crippen LogP) is 4.39. The summed E-state index contributed by atoms with van der Waals surface area (Å²) in [4.78, 5) is 0. The summed E-state index contributed by atoms with van der Waals surface area (Å²) in [7, 11) is 0. The number of aliphatic hydroxyl groups excluding tert-OH is 1. The highest BCUT2D eigenvalue weighted by atomic mass is 16.5. The molecular formula is C21H37NO2. The molecule has 138 valence electrons. The molecule has 0 aliphatic carbocycles. The Labute approximate surface area is 148 Å². The summed E-state index contributed by atoms with van der Waals surface area (Å²) in [6, 6.07) is 8.30. The number of ether oxygens (including phenoxy) is 1. The van der Waals surface area contributed by atoms with Crippen molar-refractivity contribution in [2.45, 2.75) is 66.4 Å². The first-order valence-electron chi connectivity index (χ1n) is 9.12. The highest BCUT2D eigenvalue weighted by Gasteiger charge is 2.27. The number of benzene rings is 1. The van der Waals surface area contributed by atoms with Gasteiger partial charge >= 0.3 is 0 Å². The van der Waals surface area contributed by atoms with E-state index < -0.39 is 6.10 Å². The molecular weight excluding hydrogens is 298 g/mol. The molecule has 2 N–H and O–H groups in total. The quantitative estimate of drug-likeness (QED) is 0.703. The lowest BCUT2D eigenvalue weighted by atomic mass is 9.72. The van der Waals surface area contributed by atoms with Crippen LogP contribution in [0.25, 0.3) is 0 Å². The molecule has 0 aromatic heterocycles. The van der Waals surface area contributed by atoms with E-state index in [1.807, 2.05) is 12.1 Å². The van der Waals surface area contributed by atoms with Crippen LogP contribution in [0.2, 0.25) is 0 Å². The lowest BCUT2D eigenvalue weighted by Crippen LogP contribution is -2.33. The van der Waals surface area contributed by atoms with Gasteiger partial charge < -0.3 is 15.2 Å². The molecule has 1 aromatic carbocycles. The summed E-state index contributed by atoms with van der Waals surface area (Å²) in [5.74, 6) is 1.40. The van der Waals surface area contributed by atoms with E-state index in [2.05, 4.69) is 65.9 Å². The lowest BCUT2D eigenvalue weighted by molar-refractivity contribution is 0.106. The second-order valence-electron chi connectivity index (χ2n) is 9.16. The maximum atomic E-state index is 9.95. The van der Waals surface area contributed by atoms with Gasteiger partial charge in [0.1, 0.15) is 18.5 Å². The molecule has 1 aromatic rings. The first-order chi connectivity index (χ1) is 11.0. The highest BCUT2D eigenvalue weighted by Crippen LogP contribution is 2.36. The number of hydrogen-bond acceptors (Lipinski definition) is 3. The summed E-state index contributed by atoms with van der Waals surface area (Å²) in [5.41, 5.74) is 1.76. The van der Waals surface area contributed by atoms with Gasteiger partial charge in [0.25, 0.3) is 0 Å². The van der Waals surface area contributed by atoms with Gasteiger partial charge in [-0.15, -0.1) is 0 Å². The van der Waals surface area contributed by atoms with Crippen molar-refractivity contribution < 1.29 is 9.84 Å². The molecule has 0 bridgehead atoms. The number of nitrogens with one attached hydrogen (secondary N) is 1. The zero-order valence-electron chi connectivity index (χ0n) is 16.6. The molecule has 24 heavy (non-hydrogen) atoms. The molecule has 1 rings (SSSR count). The van der Waals surface area contributed by atoms with Gasteiger partial charge in [-0.1, -0.05) is 60.6 Å². The van der Waals surface area contributed by atoms with Crippen molar-refractivity contribution in [1.82, 2.24) is 5.32 Å². The molecule has 0 heterocycles. The number of rotatable bonds is 9. The van der Waals surface area contributed by atoms with Crippen LogP contribution >= 0.6 is 0 Å². The molecule has 3 nitrogen and oxygen atoms in total. The molecule has 0 aliphatic rings. The fraction of sp³-hybridized carbons (Fsp3) is 0.714. The van der Waals surface area contributed by atoms with E-state index in [0.717, 1.165) is 18.7 Å². The topological polar surface area (TPSA) is 41.5 Å². The average molecular weight is 336 g/mol. The molecule has 0 saturated carbocycles. The van der Waals surface area contributed by atoms with Crippen LogP contribution in [0.3, 0.4) is 0 Å². The SMILES string of the molecule is CC(C)CNCC(O)COc1ccc(C(C)(C)CC(C)(C)C)cc1. The minimum Gasteiger partial charge on any atom is -0.491 e. The molecule has 1 atom stereocenters. The van der Waals surface area contributed by atoms with Gasteiger partial charge in [-0.25, -0.2) is 0 Å². The third kappa shape index (κ3) is 8.16. The molecule has 1 unspecified atom stereocenters. The van der Waals surface area contributed by atoms with Crippen molar-refractivity contribution >= 4 is 0 Å². The van der Waals surface area contributed by atoms with Crippen LogP contribution in [0.5, 0.6) is 5.75 Å². The Hall–Kier alpha value is -1.06. The van der Waals surface area contributed by atoms with Gasteiger partial charge in [-0.3, -0.25) is 0 Å². The summed E-state index contributed by atoms with van der Waals surface area (Å²) in [5, 5.41) is 13.2. The van der Waals surface area contributed by atoms with E-state index in [0.29, 0.717) is 24.5 Å². The second-order valence-corrected chi connectivity index (χ2v) is 9.16. The molecule has 0 amide bonds. The highest BCUT2D eigenvalue weighted by molar-refractivity contribution is 5.31. The van der Waals surface area contributed by atoms with Crippen LogP contribution < -0.4 is 10.1 Å². The summed E-state index contributed by atoms with van der Waals surface area (Å²) in [6.07, 6.45) is 0.640. The minimum atomic E-state index is -0.485. The van der Waals surface area contributed by atoms with E-state index in [-0.39, 0.29) is 5.41 Å². The van der Waals surface area contributed by atoms with Crippen molar-refractivity contribution in [3.05, 3.63) is 29.8 Å². The van der Waals surface area contributed by atoms with Gasteiger partial charge in [0.05, 0.1) is 0 Å². The third-order valence-electron chi connectivity index (χ3n) is 3.98. The van der Waals surface area contributed by atoms with Gasteiger partial charge in [0, 0.05) is 6.54 Å². The molecule has 0 saturated heterocycles. The van der Waals surface area contributed by atoms with Gasteiger partial charge in [-0.2, -0.15) is 0 Å². The summed E-state index contributed by atoms with van der Waals surface area (Å²) >= 11 is 0. The lowest BCUT2D eigenvalue weighted by Gasteiger charge is -2.33. The van der Waals surface area contributed by atoms with E-state index >= 15 is 0 Å². The first-order valence-corrected chi connectivity index (χ1v) is 9.12. The Balaban J connectivity index is 2.50. The maximum absolute atomic E-state index is 9.95. The largest absolute Gasteiger partial charge is 0.491 e. The third-order valence-corrected chi connectivity index (χ3v) is 3.98. The van der Waals surface area contributed by atoms with Gasteiger partial charge in [-0.05, 0) is 47.4 Å². The fourth-order valence-electron chi connectivity index (χ4n) is 3.22. The second kappa shape index (κ2) is 8.87. The standard InChI is InChI=1S/C21H37NO2/c1-16(2)12-22-13-18(23)14-24-19-10-8-17(9-11-19)21(6,7)15-20(3,4)5/h8-11,16,18,22-23H,12-15H2,1-7H3. The van der Waals surface area contributed by atoms with Crippen molar-refractivity contribution in [3.8, 4) is 5.75 Å². The van der Waals surface area contributed by atoms with Crippen molar-refractivity contribution in [2.24, 2.45) is 11.3 Å². The Morgan fingerprint density at radius 3 is 2.08 bits per heavy atom. The van der Waals surface area contributed by atoms with Crippen molar-refractivity contribution in [2.75, 3.05) is 19.7 Å². The minimum absolute atomic E-state index is 0.136. The van der Waals surface area contributed by atoms with E-state index in [4.69, 9.17) is 4.74 Å². The Morgan fingerprint density at radius 1 is 1.00 bits per heavy atom. The van der Waals surface area contributed by atoms with Crippen LogP contribution in [0.4, 0.5) is 0 Å². The normalized spacial score (nSPS) is 14.0. The van der Waals surface area contributed by atoms with Crippen molar-refractivity contribution in [1.29, 1.82) is 0 Å². The summed E-state index contributed by atoms with van der Waals surface area (Å²) in [6.45, 7) is 17.5. The average Bonchev–Trinajstić information content (AvgIpc) is 2.42. The maximum Gasteiger partial charge on any atom is 0.119 e. The van der Waals surface area contributed by atoms with Gasteiger partial charge in [0.15, 0.2) is 0 Å². The van der Waals surface area contributed by atoms with Crippen LogP contribution in [-0.4, -0.2) is 30.9 Å². The van der Waals surface area contributed by atoms with Crippen molar-refractivity contribution in [3.63, 3.8) is 0 Å². The summed E-state index contributed by atoms with van der Waals surface area (Å²) < 4.78 is 5.70. The van der Waals surface area contributed by atoms with Crippen LogP contribution in [0.1, 0.15) is 60.5 Å². The van der Waals surface area contributed by atoms with E-state index in [1.165, 1.54) is 5.56 Å². The number of aliphatic hydroxyl groups is 1. The van der Waals surface area contributed by atoms with Crippen LogP contribution in [0.15, 0.2) is 24.3 Å². The van der Waals surface area contributed by atoms with E-state index in [1.54, 1.807) is 0 Å². The molecule has 0 radical (unpaired) electrons. The Morgan fingerprint density at radius 2 is 1.58 bits per heavy atom. The Bertz CT molecular complexity index is 472. The molecule has 0 aliphatic heterocycles. The van der Waals surface area contributed by atoms with Crippen LogP contribution in [0, 0.1) is 11.3 Å². The molecule has 0 fully saturated rings. The van der Waals surface area contributed by atoms with E-state index in [9.17, 15) is 5.11 Å². The molecule has 0 spiro atoms. The molecule has 3 heteroatoms. The van der Waals surface area contributed by atoms with Gasteiger partial charge in [0.2, 0.25) is 0 Å². The fourth-order valence-corrected chi connectivity index (χ4v) is 3.22.